The second kappa shape index (κ2) is 6.21. The number of hydrogen-bond donors (Lipinski definition) is 1. The van der Waals surface area contributed by atoms with E-state index in [2.05, 4.69) is 15.9 Å². The van der Waals surface area contributed by atoms with Gasteiger partial charge in [-0.25, -0.2) is 8.42 Å². The van der Waals surface area contributed by atoms with Crippen LogP contribution in [0.1, 0.15) is 13.3 Å². The van der Waals surface area contributed by atoms with Crippen molar-refractivity contribution in [2.24, 2.45) is 0 Å². The molecule has 0 aliphatic rings. The highest BCUT2D eigenvalue weighted by Gasteiger charge is 2.32. The number of carbonyl (C=O) groups is 1. The molecule has 0 fully saturated rings. The summed E-state index contributed by atoms with van der Waals surface area (Å²) in [5, 5.41) is 9.06. The van der Waals surface area contributed by atoms with Crippen molar-refractivity contribution in [2.75, 3.05) is 7.05 Å². The van der Waals surface area contributed by atoms with Crippen LogP contribution < -0.4 is 0 Å². The SMILES string of the molecule is CCC(C(=O)O)N(C)S(=O)(=O)c1ccc(Br)cc1Cl. The average molecular weight is 371 g/mol. The monoisotopic (exact) mass is 369 g/mol. The summed E-state index contributed by atoms with van der Waals surface area (Å²) < 4.78 is 26.1. The molecule has 0 heterocycles. The molecular formula is C11H13BrClNO4S. The van der Waals surface area contributed by atoms with E-state index in [1.54, 1.807) is 6.92 Å². The van der Waals surface area contributed by atoms with Gasteiger partial charge in [-0.3, -0.25) is 4.79 Å². The number of aliphatic carboxylic acids is 1. The smallest absolute Gasteiger partial charge is 0.321 e. The number of likely N-dealkylation sites (N-methyl/N-ethyl adjacent to an activating group) is 1. The normalized spacial score (nSPS) is 13.5. The lowest BCUT2D eigenvalue weighted by molar-refractivity contribution is -0.141. The van der Waals surface area contributed by atoms with Crippen LogP contribution >= 0.6 is 27.5 Å². The number of benzene rings is 1. The van der Waals surface area contributed by atoms with Crippen LogP contribution in [0.4, 0.5) is 0 Å². The highest BCUT2D eigenvalue weighted by atomic mass is 79.9. The Labute approximate surface area is 125 Å². The first-order valence-electron chi connectivity index (χ1n) is 5.37. The van der Waals surface area contributed by atoms with Gasteiger partial charge in [0.15, 0.2) is 0 Å². The Morgan fingerprint density at radius 3 is 2.53 bits per heavy atom. The molecule has 0 aliphatic carbocycles. The van der Waals surface area contributed by atoms with E-state index in [1.165, 1.54) is 25.2 Å². The summed E-state index contributed by atoms with van der Waals surface area (Å²) in [7, 11) is -2.71. The Hall–Kier alpha value is -0.630. The lowest BCUT2D eigenvalue weighted by Crippen LogP contribution is -2.41. The van der Waals surface area contributed by atoms with Crippen molar-refractivity contribution < 1.29 is 18.3 Å². The van der Waals surface area contributed by atoms with E-state index in [9.17, 15) is 13.2 Å². The molecule has 0 saturated carbocycles. The van der Waals surface area contributed by atoms with Gasteiger partial charge in [0.25, 0.3) is 0 Å². The van der Waals surface area contributed by atoms with Crippen molar-refractivity contribution in [1.82, 2.24) is 4.31 Å². The third-order valence-electron chi connectivity index (χ3n) is 2.66. The summed E-state index contributed by atoms with van der Waals surface area (Å²) in [5.41, 5.74) is 0. The fraction of sp³-hybridized carbons (Fsp3) is 0.364. The zero-order valence-corrected chi connectivity index (χ0v) is 13.5. The second-order valence-electron chi connectivity index (χ2n) is 3.86. The first-order valence-corrected chi connectivity index (χ1v) is 7.98. The molecule has 1 rings (SSSR count). The summed E-state index contributed by atoms with van der Waals surface area (Å²) in [6.07, 6.45) is 0.166. The van der Waals surface area contributed by atoms with Crippen molar-refractivity contribution >= 4 is 43.5 Å². The Morgan fingerprint density at radius 2 is 2.11 bits per heavy atom. The zero-order chi connectivity index (χ0) is 14.8. The van der Waals surface area contributed by atoms with Crippen LogP contribution in [0, 0.1) is 0 Å². The van der Waals surface area contributed by atoms with Crippen molar-refractivity contribution in [3.8, 4) is 0 Å². The van der Waals surface area contributed by atoms with Crippen LogP contribution in [-0.2, 0) is 14.8 Å². The third kappa shape index (κ3) is 3.47. The topological polar surface area (TPSA) is 74.7 Å². The molecule has 0 aliphatic heterocycles. The minimum absolute atomic E-state index is 0.0430. The van der Waals surface area contributed by atoms with Crippen LogP contribution in [0.5, 0.6) is 0 Å². The molecule has 1 aromatic carbocycles. The maximum Gasteiger partial charge on any atom is 0.321 e. The minimum Gasteiger partial charge on any atom is -0.480 e. The van der Waals surface area contributed by atoms with Crippen LogP contribution in [0.25, 0.3) is 0 Å². The zero-order valence-electron chi connectivity index (χ0n) is 10.3. The highest BCUT2D eigenvalue weighted by Crippen LogP contribution is 2.28. The number of halogens is 2. The molecule has 0 radical (unpaired) electrons. The molecule has 1 unspecified atom stereocenters. The van der Waals surface area contributed by atoms with Gasteiger partial charge < -0.3 is 5.11 Å². The van der Waals surface area contributed by atoms with Gasteiger partial charge in [0.2, 0.25) is 10.0 Å². The Bertz CT molecular complexity index is 590. The van der Waals surface area contributed by atoms with Crippen LogP contribution in [-0.4, -0.2) is 36.9 Å². The summed E-state index contributed by atoms with van der Waals surface area (Å²) in [6.45, 7) is 1.61. The first kappa shape index (κ1) is 16.4. The summed E-state index contributed by atoms with van der Waals surface area (Å²) >= 11 is 9.08. The number of carboxylic acid groups (broad SMARTS) is 1. The van der Waals surface area contributed by atoms with E-state index in [0.29, 0.717) is 4.47 Å². The molecule has 0 aromatic heterocycles. The van der Waals surface area contributed by atoms with Gasteiger partial charge in [0.1, 0.15) is 10.9 Å². The fourth-order valence-electron chi connectivity index (χ4n) is 1.59. The number of sulfonamides is 1. The first-order chi connectivity index (χ1) is 8.71. The van der Waals surface area contributed by atoms with E-state index in [0.717, 1.165) is 4.31 Å². The maximum absolute atomic E-state index is 12.3. The molecule has 19 heavy (non-hydrogen) atoms. The van der Waals surface area contributed by atoms with Crippen molar-refractivity contribution in [1.29, 1.82) is 0 Å². The Kier molecular flexibility index (Phi) is 5.37. The van der Waals surface area contributed by atoms with Gasteiger partial charge in [-0.1, -0.05) is 34.5 Å². The molecular weight excluding hydrogens is 358 g/mol. The van der Waals surface area contributed by atoms with E-state index in [-0.39, 0.29) is 16.3 Å². The summed E-state index contributed by atoms with van der Waals surface area (Å²) in [5.74, 6) is -1.19. The largest absolute Gasteiger partial charge is 0.480 e. The van der Waals surface area contributed by atoms with Gasteiger partial charge in [-0.2, -0.15) is 4.31 Å². The van der Waals surface area contributed by atoms with Gasteiger partial charge >= 0.3 is 5.97 Å². The quantitative estimate of drug-likeness (QED) is 0.864. The third-order valence-corrected chi connectivity index (χ3v) is 5.50. The molecule has 8 heteroatoms. The van der Waals surface area contributed by atoms with Crippen molar-refractivity contribution in [3.63, 3.8) is 0 Å². The average Bonchev–Trinajstić information content (AvgIpc) is 2.28. The number of carboxylic acids is 1. The molecule has 5 nitrogen and oxygen atoms in total. The minimum atomic E-state index is -3.94. The lowest BCUT2D eigenvalue weighted by atomic mass is 10.2. The molecule has 1 aromatic rings. The van der Waals surface area contributed by atoms with Crippen molar-refractivity contribution in [2.45, 2.75) is 24.3 Å². The van der Waals surface area contributed by atoms with E-state index in [1.807, 2.05) is 0 Å². The predicted octanol–water partition coefficient (Wildman–Crippen LogP) is 2.59. The van der Waals surface area contributed by atoms with Crippen LogP contribution in [0.2, 0.25) is 5.02 Å². The number of nitrogens with zero attached hydrogens (tertiary/aromatic N) is 1. The predicted molar refractivity (Wildman–Crippen MR) is 75.8 cm³/mol. The van der Waals surface area contributed by atoms with Gasteiger partial charge in [0.05, 0.1) is 5.02 Å². The molecule has 106 valence electrons. The molecule has 0 spiro atoms. The molecule has 0 bridgehead atoms. The van der Waals surface area contributed by atoms with Crippen molar-refractivity contribution in [3.05, 3.63) is 27.7 Å². The maximum atomic E-state index is 12.3. The standard InChI is InChI=1S/C11H13BrClNO4S/c1-3-9(11(15)16)14(2)19(17,18)10-5-4-7(12)6-8(10)13/h4-6,9H,3H2,1-2H3,(H,15,16). The summed E-state index contributed by atoms with van der Waals surface area (Å²) in [4.78, 5) is 10.9. The van der Waals surface area contributed by atoms with Crippen LogP contribution in [0.3, 0.4) is 0 Å². The van der Waals surface area contributed by atoms with E-state index >= 15 is 0 Å². The Morgan fingerprint density at radius 1 is 1.53 bits per heavy atom. The number of rotatable bonds is 5. The van der Waals surface area contributed by atoms with Gasteiger partial charge in [-0.15, -0.1) is 0 Å². The number of hydrogen-bond acceptors (Lipinski definition) is 3. The van der Waals surface area contributed by atoms with Gasteiger partial charge in [-0.05, 0) is 24.6 Å². The molecule has 1 N–H and O–H groups in total. The summed E-state index contributed by atoms with van der Waals surface area (Å²) in [6, 6.07) is 3.20. The van der Waals surface area contributed by atoms with E-state index in [4.69, 9.17) is 16.7 Å². The fourth-order valence-corrected chi connectivity index (χ4v) is 3.99. The van der Waals surface area contributed by atoms with Crippen LogP contribution in [0.15, 0.2) is 27.6 Å². The second-order valence-corrected chi connectivity index (χ2v) is 7.15. The molecule has 1 atom stereocenters. The lowest BCUT2D eigenvalue weighted by Gasteiger charge is -2.23. The van der Waals surface area contributed by atoms with Gasteiger partial charge in [0, 0.05) is 11.5 Å². The van der Waals surface area contributed by atoms with E-state index < -0.39 is 22.0 Å². The highest BCUT2D eigenvalue weighted by molar-refractivity contribution is 9.10. The Balaban J connectivity index is 3.27. The molecule has 0 saturated heterocycles. The molecule has 0 amide bonds.